The predicted octanol–water partition coefficient (Wildman–Crippen LogP) is 2.16. The Balaban J connectivity index is 2.89. The third kappa shape index (κ3) is 2.81. The molecule has 0 aliphatic heterocycles. The lowest BCUT2D eigenvalue weighted by Gasteiger charge is -2.06. The van der Waals surface area contributed by atoms with E-state index in [1.807, 2.05) is 0 Å². The van der Waals surface area contributed by atoms with Crippen LogP contribution in [0.3, 0.4) is 0 Å². The van der Waals surface area contributed by atoms with Gasteiger partial charge in [-0.25, -0.2) is 0 Å². The van der Waals surface area contributed by atoms with E-state index in [1.165, 1.54) is 0 Å². The molecule has 14 heavy (non-hydrogen) atoms. The minimum absolute atomic E-state index is 0.279. The van der Waals surface area contributed by atoms with Gasteiger partial charge in [0.25, 0.3) is 0 Å². The highest BCUT2D eigenvalue weighted by Crippen LogP contribution is 2.20. The highest BCUT2D eigenvalue weighted by molar-refractivity contribution is 6.63. The van der Waals surface area contributed by atoms with Gasteiger partial charge in [-0.2, -0.15) is 0 Å². The van der Waals surface area contributed by atoms with Gasteiger partial charge in [0.05, 0.1) is 6.42 Å². The SMILES string of the molecule is O=C(Cl)CC(c1ccccc1)[N+](=O)[O-]. The molecule has 0 heterocycles. The Morgan fingerprint density at radius 3 is 2.43 bits per heavy atom. The minimum atomic E-state index is -1.04. The average Bonchev–Trinajstić information content (AvgIpc) is 2.15. The second kappa shape index (κ2) is 4.72. The molecule has 5 heteroatoms. The fourth-order valence-corrected chi connectivity index (χ4v) is 1.29. The second-order valence-electron chi connectivity index (χ2n) is 2.77. The fraction of sp³-hybridized carbons (Fsp3) is 0.222. The molecule has 0 fully saturated rings. The van der Waals surface area contributed by atoms with E-state index in [-0.39, 0.29) is 6.42 Å². The molecular formula is C9H8ClNO3. The maximum absolute atomic E-state index is 10.6. The largest absolute Gasteiger partial charge is 0.281 e. The molecule has 74 valence electrons. The summed E-state index contributed by atoms with van der Waals surface area (Å²) in [5, 5.41) is 9.93. The van der Waals surface area contributed by atoms with Gasteiger partial charge in [-0.05, 0) is 11.6 Å². The third-order valence-electron chi connectivity index (χ3n) is 1.79. The molecule has 1 unspecified atom stereocenters. The van der Waals surface area contributed by atoms with Crippen molar-refractivity contribution in [2.75, 3.05) is 0 Å². The maximum atomic E-state index is 10.6. The molecule has 0 aliphatic carbocycles. The van der Waals surface area contributed by atoms with Crippen LogP contribution in [-0.4, -0.2) is 10.2 Å². The lowest BCUT2D eigenvalue weighted by Crippen LogP contribution is -2.12. The summed E-state index contributed by atoms with van der Waals surface area (Å²) in [7, 11) is 0. The van der Waals surface area contributed by atoms with Gasteiger partial charge < -0.3 is 0 Å². The fourth-order valence-electron chi connectivity index (χ4n) is 1.14. The van der Waals surface area contributed by atoms with E-state index in [4.69, 9.17) is 11.6 Å². The molecule has 1 aromatic carbocycles. The van der Waals surface area contributed by atoms with E-state index in [9.17, 15) is 14.9 Å². The summed E-state index contributed by atoms with van der Waals surface area (Å²) in [6.07, 6.45) is -0.279. The number of rotatable bonds is 4. The number of carbonyl (C=O) groups is 1. The van der Waals surface area contributed by atoms with Crippen LogP contribution in [0.15, 0.2) is 30.3 Å². The zero-order chi connectivity index (χ0) is 10.6. The summed E-state index contributed by atoms with van der Waals surface area (Å²) in [4.78, 5) is 20.7. The number of hydrogen-bond acceptors (Lipinski definition) is 3. The van der Waals surface area contributed by atoms with Crippen molar-refractivity contribution in [3.63, 3.8) is 0 Å². The Morgan fingerprint density at radius 2 is 2.00 bits per heavy atom. The number of nitro groups is 1. The summed E-state index contributed by atoms with van der Waals surface area (Å²) >= 11 is 5.12. The van der Waals surface area contributed by atoms with E-state index in [1.54, 1.807) is 30.3 Å². The second-order valence-corrected chi connectivity index (χ2v) is 3.19. The first-order valence-corrected chi connectivity index (χ1v) is 4.36. The van der Waals surface area contributed by atoms with Crippen molar-refractivity contribution >= 4 is 16.8 Å². The predicted molar refractivity (Wildman–Crippen MR) is 51.7 cm³/mol. The van der Waals surface area contributed by atoms with Gasteiger partial charge >= 0.3 is 0 Å². The first kappa shape index (κ1) is 10.7. The summed E-state index contributed by atoms with van der Waals surface area (Å²) in [5.41, 5.74) is 0.492. The number of nitrogens with zero attached hydrogens (tertiary/aromatic N) is 1. The molecule has 0 saturated heterocycles. The van der Waals surface area contributed by atoms with Gasteiger partial charge in [0.2, 0.25) is 11.3 Å². The molecule has 0 saturated carbocycles. The molecule has 0 amide bonds. The molecule has 0 aliphatic rings. The average molecular weight is 214 g/mol. The molecule has 0 N–H and O–H groups in total. The maximum Gasteiger partial charge on any atom is 0.246 e. The van der Waals surface area contributed by atoms with Crippen molar-refractivity contribution in [3.8, 4) is 0 Å². The zero-order valence-corrected chi connectivity index (χ0v) is 7.98. The Kier molecular flexibility index (Phi) is 3.59. The lowest BCUT2D eigenvalue weighted by atomic mass is 10.1. The molecule has 1 rings (SSSR count). The normalized spacial score (nSPS) is 12.1. The van der Waals surface area contributed by atoms with Crippen LogP contribution >= 0.6 is 11.6 Å². The van der Waals surface area contributed by atoms with Gasteiger partial charge in [0.1, 0.15) is 0 Å². The van der Waals surface area contributed by atoms with Gasteiger partial charge in [-0.15, -0.1) is 0 Å². The van der Waals surface area contributed by atoms with E-state index in [0.29, 0.717) is 5.56 Å². The summed E-state index contributed by atoms with van der Waals surface area (Å²) in [6.45, 7) is 0. The molecule has 4 nitrogen and oxygen atoms in total. The first-order valence-electron chi connectivity index (χ1n) is 3.98. The van der Waals surface area contributed by atoms with Crippen molar-refractivity contribution in [2.45, 2.75) is 12.5 Å². The van der Waals surface area contributed by atoms with Gasteiger partial charge in [0, 0.05) is 10.5 Å². The highest BCUT2D eigenvalue weighted by atomic mass is 35.5. The van der Waals surface area contributed by atoms with Crippen LogP contribution < -0.4 is 0 Å². The van der Waals surface area contributed by atoms with E-state index >= 15 is 0 Å². The molecule has 0 aromatic heterocycles. The molecular weight excluding hydrogens is 206 g/mol. The molecule has 0 spiro atoms. The Hall–Kier alpha value is -1.42. The van der Waals surface area contributed by atoms with Crippen LogP contribution in [0.2, 0.25) is 0 Å². The molecule has 0 radical (unpaired) electrons. The number of halogens is 1. The standard InChI is InChI=1S/C9H8ClNO3/c10-9(12)6-8(11(13)14)7-4-2-1-3-5-7/h1-5,8H,6H2. The molecule has 1 atom stereocenters. The van der Waals surface area contributed by atoms with Crippen LogP contribution in [-0.2, 0) is 4.79 Å². The zero-order valence-electron chi connectivity index (χ0n) is 7.22. The number of hydrogen-bond donors (Lipinski definition) is 0. The van der Waals surface area contributed by atoms with Crippen molar-refractivity contribution in [1.29, 1.82) is 0 Å². The van der Waals surface area contributed by atoms with Gasteiger partial charge in [-0.3, -0.25) is 14.9 Å². The van der Waals surface area contributed by atoms with Crippen LogP contribution in [0.5, 0.6) is 0 Å². The van der Waals surface area contributed by atoms with Crippen molar-refractivity contribution in [3.05, 3.63) is 46.0 Å². The molecule has 1 aromatic rings. The van der Waals surface area contributed by atoms with E-state index in [2.05, 4.69) is 0 Å². The number of benzene rings is 1. The lowest BCUT2D eigenvalue weighted by molar-refractivity contribution is -0.527. The van der Waals surface area contributed by atoms with Gasteiger partial charge in [-0.1, -0.05) is 30.3 Å². The quantitative estimate of drug-likeness (QED) is 0.438. The minimum Gasteiger partial charge on any atom is -0.281 e. The van der Waals surface area contributed by atoms with Crippen molar-refractivity contribution < 1.29 is 9.72 Å². The van der Waals surface area contributed by atoms with Crippen molar-refractivity contribution in [2.24, 2.45) is 0 Å². The summed E-state index contributed by atoms with van der Waals surface area (Å²) in [5.74, 6) is 0. The topological polar surface area (TPSA) is 60.2 Å². The van der Waals surface area contributed by atoms with Crippen molar-refractivity contribution in [1.82, 2.24) is 0 Å². The Labute approximate surface area is 85.6 Å². The summed E-state index contributed by atoms with van der Waals surface area (Å²) in [6, 6.07) is 7.29. The monoisotopic (exact) mass is 213 g/mol. The van der Waals surface area contributed by atoms with Crippen LogP contribution in [0, 0.1) is 10.1 Å². The number of carbonyl (C=O) groups excluding carboxylic acids is 1. The van der Waals surface area contributed by atoms with Crippen LogP contribution in [0.25, 0.3) is 0 Å². The Morgan fingerprint density at radius 1 is 1.43 bits per heavy atom. The van der Waals surface area contributed by atoms with Crippen LogP contribution in [0.1, 0.15) is 18.0 Å². The van der Waals surface area contributed by atoms with Gasteiger partial charge in [0.15, 0.2) is 0 Å². The van der Waals surface area contributed by atoms with Crippen LogP contribution in [0.4, 0.5) is 0 Å². The first-order chi connectivity index (χ1) is 6.61. The summed E-state index contributed by atoms with van der Waals surface area (Å²) < 4.78 is 0. The smallest absolute Gasteiger partial charge is 0.246 e. The molecule has 0 bridgehead atoms. The van der Waals surface area contributed by atoms with E-state index < -0.39 is 16.2 Å². The Bertz CT molecular complexity index is 339. The highest BCUT2D eigenvalue weighted by Gasteiger charge is 2.24. The third-order valence-corrected chi connectivity index (χ3v) is 1.95. The van der Waals surface area contributed by atoms with E-state index in [0.717, 1.165) is 0 Å².